The van der Waals surface area contributed by atoms with Crippen LogP contribution in [0.15, 0.2) is 12.1 Å². The highest BCUT2D eigenvalue weighted by Crippen LogP contribution is 2.14. The van der Waals surface area contributed by atoms with Crippen molar-refractivity contribution >= 4 is 5.82 Å². The molecule has 0 amide bonds. The van der Waals surface area contributed by atoms with Gasteiger partial charge in [-0.25, -0.2) is 4.98 Å². The van der Waals surface area contributed by atoms with E-state index in [4.69, 9.17) is 0 Å². The molecule has 2 nitrogen and oxygen atoms in total. The Morgan fingerprint density at radius 2 is 1.85 bits per heavy atom. The molecule has 1 heterocycles. The second kappa shape index (κ2) is 3.77. The Labute approximate surface area is 80.6 Å². The van der Waals surface area contributed by atoms with Crippen LogP contribution < -0.4 is 4.90 Å². The van der Waals surface area contributed by atoms with Crippen molar-refractivity contribution in [2.75, 3.05) is 11.9 Å². The average molecular weight is 178 g/mol. The molecule has 0 aromatic carbocycles. The van der Waals surface area contributed by atoms with Crippen LogP contribution in [-0.4, -0.2) is 18.1 Å². The van der Waals surface area contributed by atoms with E-state index in [9.17, 15) is 0 Å². The minimum Gasteiger partial charge on any atom is -0.357 e. The maximum Gasteiger partial charge on any atom is 0.129 e. The third-order valence-corrected chi connectivity index (χ3v) is 2.22. The number of hydrogen-bond donors (Lipinski definition) is 0. The summed E-state index contributed by atoms with van der Waals surface area (Å²) in [6, 6.07) is 4.71. The second-order valence-corrected chi connectivity index (χ2v) is 3.85. The number of rotatable bonds is 2. The minimum absolute atomic E-state index is 0.494. The molecule has 0 atom stereocenters. The molecule has 1 rings (SSSR count). The van der Waals surface area contributed by atoms with Gasteiger partial charge in [-0.15, -0.1) is 0 Å². The largest absolute Gasteiger partial charge is 0.357 e. The Bertz CT molecular complexity index is 272. The quantitative estimate of drug-likeness (QED) is 0.692. The van der Waals surface area contributed by atoms with Crippen molar-refractivity contribution in [3.63, 3.8) is 0 Å². The van der Waals surface area contributed by atoms with E-state index in [0.29, 0.717) is 6.04 Å². The fraction of sp³-hybridized carbons (Fsp3) is 0.545. The van der Waals surface area contributed by atoms with Crippen molar-refractivity contribution in [3.05, 3.63) is 23.4 Å². The van der Waals surface area contributed by atoms with Crippen molar-refractivity contribution in [1.82, 2.24) is 4.98 Å². The van der Waals surface area contributed by atoms with Gasteiger partial charge in [0, 0.05) is 18.8 Å². The summed E-state index contributed by atoms with van der Waals surface area (Å²) in [6.45, 7) is 8.47. The Kier molecular flexibility index (Phi) is 2.91. The molecule has 2 heteroatoms. The first-order valence-corrected chi connectivity index (χ1v) is 4.69. The Balaban J connectivity index is 3.01. The fourth-order valence-electron chi connectivity index (χ4n) is 1.27. The molecule has 1 aromatic rings. The predicted molar refractivity (Wildman–Crippen MR) is 57.3 cm³/mol. The first-order valence-electron chi connectivity index (χ1n) is 4.69. The van der Waals surface area contributed by atoms with Crippen LogP contribution in [0.3, 0.4) is 0 Å². The lowest BCUT2D eigenvalue weighted by molar-refractivity contribution is 0.741. The van der Waals surface area contributed by atoms with Gasteiger partial charge in [0.2, 0.25) is 0 Å². The fourth-order valence-corrected chi connectivity index (χ4v) is 1.27. The molecular weight excluding hydrogens is 160 g/mol. The predicted octanol–water partition coefficient (Wildman–Crippen LogP) is 2.54. The summed E-state index contributed by atoms with van der Waals surface area (Å²) in [5.41, 5.74) is 2.36. The van der Waals surface area contributed by atoms with Crippen LogP contribution >= 0.6 is 0 Å². The lowest BCUT2D eigenvalue weighted by atomic mass is 10.2. The molecule has 0 unspecified atom stereocenters. The first kappa shape index (κ1) is 10.0. The van der Waals surface area contributed by atoms with Gasteiger partial charge >= 0.3 is 0 Å². The molecule has 0 aliphatic heterocycles. The highest BCUT2D eigenvalue weighted by molar-refractivity contribution is 5.42. The summed E-state index contributed by atoms with van der Waals surface area (Å²) < 4.78 is 0. The van der Waals surface area contributed by atoms with Crippen LogP contribution in [0.5, 0.6) is 0 Å². The van der Waals surface area contributed by atoms with E-state index < -0.39 is 0 Å². The van der Waals surface area contributed by atoms with Gasteiger partial charge < -0.3 is 4.90 Å². The average Bonchev–Trinajstić information content (AvgIpc) is 2.01. The zero-order valence-electron chi connectivity index (χ0n) is 9.13. The molecule has 72 valence electrons. The molecular formula is C11H18N2. The normalized spacial score (nSPS) is 10.6. The van der Waals surface area contributed by atoms with Gasteiger partial charge in [0.1, 0.15) is 5.82 Å². The SMILES string of the molecule is Cc1cc(C)nc(N(C)C(C)C)c1. The molecule has 0 saturated heterocycles. The van der Waals surface area contributed by atoms with E-state index in [-0.39, 0.29) is 0 Å². The van der Waals surface area contributed by atoms with E-state index in [1.54, 1.807) is 0 Å². The van der Waals surface area contributed by atoms with Gasteiger partial charge in [-0.3, -0.25) is 0 Å². The lowest BCUT2D eigenvalue weighted by Crippen LogP contribution is -2.26. The summed E-state index contributed by atoms with van der Waals surface area (Å²) in [5, 5.41) is 0. The monoisotopic (exact) mass is 178 g/mol. The third-order valence-electron chi connectivity index (χ3n) is 2.22. The summed E-state index contributed by atoms with van der Waals surface area (Å²) in [7, 11) is 2.08. The number of hydrogen-bond acceptors (Lipinski definition) is 2. The molecule has 13 heavy (non-hydrogen) atoms. The van der Waals surface area contributed by atoms with Gasteiger partial charge in [-0.2, -0.15) is 0 Å². The molecule has 0 bridgehead atoms. The van der Waals surface area contributed by atoms with Crippen LogP contribution in [0.2, 0.25) is 0 Å². The van der Waals surface area contributed by atoms with Gasteiger partial charge in [0.25, 0.3) is 0 Å². The zero-order chi connectivity index (χ0) is 10.0. The Morgan fingerprint density at radius 1 is 1.23 bits per heavy atom. The molecule has 0 radical (unpaired) electrons. The summed E-state index contributed by atoms with van der Waals surface area (Å²) >= 11 is 0. The van der Waals surface area contributed by atoms with Crippen molar-refractivity contribution in [3.8, 4) is 0 Å². The number of nitrogens with zero attached hydrogens (tertiary/aromatic N) is 2. The number of aromatic nitrogens is 1. The molecule has 0 aliphatic rings. The van der Waals surface area contributed by atoms with E-state index in [1.807, 2.05) is 6.92 Å². The lowest BCUT2D eigenvalue weighted by Gasteiger charge is -2.23. The maximum atomic E-state index is 4.48. The minimum atomic E-state index is 0.494. The molecule has 0 aliphatic carbocycles. The van der Waals surface area contributed by atoms with E-state index in [2.05, 4.69) is 49.8 Å². The number of anilines is 1. The van der Waals surface area contributed by atoms with Crippen LogP contribution in [0, 0.1) is 13.8 Å². The summed E-state index contributed by atoms with van der Waals surface area (Å²) in [4.78, 5) is 6.66. The standard InChI is InChI=1S/C11H18N2/c1-8(2)13(5)11-7-9(3)6-10(4)12-11/h6-8H,1-5H3. The zero-order valence-corrected chi connectivity index (χ0v) is 9.13. The van der Waals surface area contributed by atoms with Crippen molar-refractivity contribution in [2.24, 2.45) is 0 Å². The van der Waals surface area contributed by atoms with Gasteiger partial charge in [-0.05, 0) is 45.4 Å². The smallest absolute Gasteiger partial charge is 0.129 e. The van der Waals surface area contributed by atoms with Gasteiger partial charge in [0.15, 0.2) is 0 Å². The van der Waals surface area contributed by atoms with E-state index in [0.717, 1.165) is 11.5 Å². The van der Waals surface area contributed by atoms with E-state index in [1.165, 1.54) is 5.56 Å². The Morgan fingerprint density at radius 3 is 2.31 bits per heavy atom. The van der Waals surface area contributed by atoms with E-state index >= 15 is 0 Å². The number of aryl methyl sites for hydroxylation is 2. The molecule has 0 fully saturated rings. The highest BCUT2D eigenvalue weighted by Gasteiger charge is 2.06. The van der Waals surface area contributed by atoms with Crippen LogP contribution in [0.4, 0.5) is 5.82 Å². The maximum absolute atomic E-state index is 4.48. The van der Waals surface area contributed by atoms with Crippen molar-refractivity contribution in [2.45, 2.75) is 33.7 Å². The third kappa shape index (κ3) is 2.44. The Hall–Kier alpha value is -1.05. The summed E-state index contributed by atoms with van der Waals surface area (Å²) in [6.07, 6.45) is 0. The molecule has 0 spiro atoms. The first-order chi connectivity index (χ1) is 6.00. The number of pyridine rings is 1. The topological polar surface area (TPSA) is 16.1 Å². The van der Waals surface area contributed by atoms with Crippen LogP contribution in [-0.2, 0) is 0 Å². The van der Waals surface area contributed by atoms with Crippen LogP contribution in [0.1, 0.15) is 25.1 Å². The van der Waals surface area contributed by atoms with Crippen LogP contribution in [0.25, 0.3) is 0 Å². The molecule has 1 aromatic heterocycles. The molecule has 0 N–H and O–H groups in total. The second-order valence-electron chi connectivity index (χ2n) is 3.85. The summed E-state index contributed by atoms with van der Waals surface area (Å²) in [5.74, 6) is 1.06. The highest BCUT2D eigenvalue weighted by atomic mass is 15.2. The molecule has 0 saturated carbocycles. The van der Waals surface area contributed by atoms with Crippen molar-refractivity contribution in [1.29, 1.82) is 0 Å². The van der Waals surface area contributed by atoms with Gasteiger partial charge in [0.05, 0.1) is 0 Å². The van der Waals surface area contributed by atoms with Crippen molar-refractivity contribution < 1.29 is 0 Å². The van der Waals surface area contributed by atoms with Gasteiger partial charge in [-0.1, -0.05) is 0 Å².